The highest BCUT2D eigenvalue weighted by Gasteiger charge is 2.13. The summed E-state index contributed by atoms with van der Waals surface area (Å²) in [5.41, 5.74) is 2.67. The fraction of sp³-hybridized carbons (Fsp3) is 0.556. The molecule has 0 N–H and O–H groups in total. The smallest absolute Gasteiger partial charge is 0.0591 e. The zero-order valence-corrected chi connectivity index (χ0v) is 9.26. The molecule has 0 bridgehead atoms. The van der Waals surface area contributed by atoms with Crippen LogP contribution in [0.2, 0.25) is 0 Å². The lowest BCUT2D eigenvalue weighted by molar-refractivity contribution is 0.567. The van der Waals surface area contributed by atoms with Crippen molar-refractivity contribution in [2.75, 3.05) is 6.54 Å². The van der Waals surface area contributed by atoms with E-state index in [1.807, 2.05) is 0 Å². The monoisotopic (exact) mass is 263 g/mol. The Bertz CT molecular complexity index is 194. The molecule has 0 aliphatic carbocycles. The molecular formula is C9H14IN. The maximum Gasteiger partial charge on any atom is 0.0591 e. The molecule has 0 aromatic rings. The molecule has 0 saturated heterocycles. The summed E-state index contributed by atoms with van der Waals surface area (Å²) in [6.45, 7) is 9.56. The van der Waals surface area contributed by atoms with Crippen molar-refractivity contribution in [3.05, 3.63) is 23.9 Å². The number of rotatable bonds is 1. The van der Waals surface area contributed by atoms with E-state index in [9.17, 15) is 0 Å². The van der Waals surface area contributed by atoms with Gasteiger partial charge in [-0.2, -0.15) is 0 Å². The van der Waals surface area contributed by atoms with Crippen molar-refractivity contribution in [3.63, 3.8) is 0 Å². The third-order valence-corrected chi connectivity index (χ3v) is 3.10. The predicted octanol–water partition coefficient (Wildman–Crippen LogP) is 3.14. The average molecular weight is 263 g/mol. The third-order valence-electron chi connectivity index (χ3n) is 2.00. The Morgan fingerprint density at radius 3 is 2.73 bits per heavy atom. The van der Waals surface area contributed by atoms with E-state index >= 15 is 0 Å². The molecule has 1 rings (SSSR count). The van der Waals surface area contributed by atoms with Gasteiger partial charge in [-0.05, 0) is 18.4 Å². The maximum absolute atomic E-state index is 3.97. The molecule has 0 radical (unpaired) electrons. The maximum atomic E-state index is 3.97. The van der Waals surface area contributed by atoms with Crippen LogP contribution >= 0.6 is 22.9 Å². The van der Waals surface area contributed by atoms with Crippen molar-refractivity contribution in [2.45, 2.75) is 20.3 Å². The van der Waals surface area contributed by atoms with Crippen LogP contribution in [0, 0.1) is 5.92 Å². The normalized spacial score (nSPS) is 19.1. The van der Waals surface area contributed by atoms with Gasteiger partial charge in [-0.15, -0.1) is 0 Å². The Labute approximate surface area is 82.7 Å². The molecule has 2 heteroatoms. The van der Waals surface area contributed by atoms with Gasteiger partial charge in [0, 0.05) is 12.2 Å². The van der Waals surface area contributed by atoms with E-state index in [1.54, 1.807) is 0 Å². The van der Waals surface area contributed by atoms with Crippen molar-refractivity contribution in [1.29, 1.82) is 0 Å². The molecule has 1 aliphatic rings. The molecule has 0 atom stereocenters. The highest BCUT2D eigenvalue weighted by Crippen LogP contribution is 2.25. The SMILES string of the molecule is C=C1C=C(C(C)C)CCN1I. The summed E-state index contributed by atoms with van der Waals surface area (Å²) in [5.74, 6) is 0.678. The fourth-order valence-corrected chi connectivity index (χ4v) is 1.56. The molecule has 0 amide bonds. The van der Waals surface area contributed by atoms with Crippen molar-refractivity contribution in [1.82, 2.24) is 3.11 Å². The Hall–Kier alpha value is 0.0100. The van der Waals surface area contributed by atoms with E-state index in [0.717, 1.165) is 12.2 Å². The molecule has 1 aliphatic heterocycles. The van der Waals surface area contributed by atoms with E-state index in [2.05, 4.69) is 52.5 Å². The molecule has 0 unspecified atom stereocenters. The van der Waals surface area contributed by atoms with Crippen LogP contribution in [-0.4, -0.2) is 9.66 Å². The molecule has 62 valence electrons. The van der Waals surface area contributed by atoms with Gasteiger partial charge in [0.05, 0.1) is 22.9 Å². The van der Waals surface area contributed by atoms with Gasteiger partial charge in [-0.25, -0.2) is 0 Å². The third kappa shape index (κ3) is 2.22. The summed E-state index contributed by atoms with van der Waals surface area (Å²) in [6, 6.07) is 0. The zero-order chi connectivity index (χ0) is 8.43. The predicted molar refractivity (Wildman–Crippen MR) is 57.4 cm³/mol. The van der Waals surface area contributed by atoms with Crippen molar-refractivity contribution < 1.29 is 0 Å². The van der Waals surface area contributed by atoms with Gasteiger partial charge in [-0.3, -0.25) is 0 Å². The Morgan fingerprint density at radius 2 is 2.27 bits per heavy atom. The van der Waals surface area contributed by atoms with E-state index in [4.69, 9.17) is 0 Å². The minimum Gasteiger partial charge on any atom is -0.315 e. The molecule has 0 spiro atoms. The molecular weight excluding hydrogens is 249 g/mol. The van der Waals surface area contributed by atoms with Gasteiger partial charge in [0.15, 0.2) is 0 Å². The second-order valence-electron chi connectivity index (χ2n) is 3.20. The van der Waals surface area contributed by atoms with E-state index in [1.165, 1.54) is 12.0 Å². The Balaban J connectivity index is 2.71. The minimum absolute atomic E-state index is 0.678. The average Bonchev–Trinajstić information content (AvgIpc) is 1.94. The molecule has 11 heavy (non-hydrogen) atoms. The van der Waals surface area contributed by atoms with Gasteiger partial charge >= 0.3 is 0 Å². The summed E-state index contributed by atoms with van der Waals surface area (Å²) in [4.78, 5) is 0. The minimum atomic E-state index is 0.678. The van der Waals surface area contributed by atoms with E-state index in [0.29, 0.717) is 5.92 Å². The van der Waals surface area contributed by atoms with Crippen molar-refractivity contribution >= 4 is 22.9 Å². The fourth-order valence-electron chi connectivity index (χ4n) is 1.18. The van der Waals surface area contributed by atoms with Crippen LogP contribution in [0.25, 0.3) is 0 Å². The lowest BCUT2D eigenvalue weighted by atomic mass is 9.97. The summed E-state index contributed by atoms with van der Waals surface area (Å²) >= 11 is 2.31. The van der Waals surface area contributed by atoms with Gasteiger partial charge in [0.25, 0.3) is 0 Å². The lowest BCUT2D eigenvalue weighted by Gasteiger charge is -2.25. The molecule has 0 fully saturated rings. The van der Waals surface area contributed by atoms with Crippen LogP contribution in [0.1, 0.15) is 20.3 Å². The summed E-state index contributed by atoms with van der Waals surface area (Å²) in [6.07, 6.45) is 3.40. The standard InChI is InChI=1S/C9H14IN/c1-7(2)9-4-5-11(10)8(3)6-9/h6-7H,3-5H2,1-2H3. The highest BCUT2D eigenvalue weighted by atomic mass is 127. The Morgan fingerprint density at radius 1 is 1.64 bits per heavy atom. The quantitative estimate of drug-likeness (QED) is 0.519. The number of halogens is 1. The molecule has 0 aromatic carbocycles. The molecule has 0 aromatic heterocycles. The van der Waals surface area contributed by atoms with Crippen molar-refractivity contribution in [2.24, 2.45) is 5.92 Å². The van der Waals surface area contributed by atoms with Crippen LogP contribution in [0.5, 0.6) is 0 Å². The summed E-state index contributed by atoms with van der Waals surface area (Å²) in [5, 5.41) is 0. The van der Waals surface area contributed by atoms with Crippen molar-refractivity contribution in [3.8, 4) is 0 Å². The first-order chi connectivity index (χ1) is 5.11. The number of nitrogens with zero attached hydrogens (tertiary/aromatic N) is 1. The Kier molecular flexibility index (Phi) is 2.98. The van der Waals surface area contributed by atoms with E-state index in [-0.39, 0.29) is 0 Å². The highest BCUT2D eigenvalue weighted by molar-refractivity contribution is 14.1. The van der Waals surface area contributed by atoms with Crippen LogP contribution in [0.3, 0.4) is 0 Å². The molecule has 0 saturated carbocycles. The summed E-state index contributed by atoms with van der Waals surface area (Å²) < 4.78 is 2.17. The number of hydrogen-bond acceptors (Lipinski definition) is 1. The van der Waals surface area contributed by atoms with Gasteiger partial charge in [-0.1, -0.05) is 26.0 Å². The second kappa shape index (κ2) is 3.61. The van der Waals surface area contributed by atoms with Gasteiger partial charge in [0.2, 0.25) is 0 Å². The van der Waals surface area contributed by atoms with Crippen LogP contribution in [-0.2, 0) is 0 Å². The van der Waals surface area contributed by atoms with Gasteiger partial charge < -0.3 is 3.11 Å². The first-order valence-electron chi connectivity index (χ1n) is 3.94. The number of allylic oxidation sites excluding steroid dienone is 1. The first kappa shape index (κ1) is 9.10. The molecule has 1 nitrogen and oxygen atoms in total. The first-order valence-corrected chi connectivity index (χ1v) is 4.90. The summed E-state index contributed by atoms with van der Waals surface area (Å²) in [7, 11) is 0. The van der Waals surface area contributed by atoms with Crippen LogP contribution < -0.4 is 0 Å². The van der Waals surface area contributed by atoms with Crippen LogP contribution in [0.15, 0.2) is 23.9 Å². The second-order valence-corrected chi connectivity index (χ2v) is 4.37. The largest absolute Gasteiger partial charge is 0.315 e. The zero-order valence-electron chi connectivity index (χ0n) is 7.10. The van der Waals surface area contributed by atoms with E-state index < -0.39 is 0 Å². The lowest BCUT2D eigenvalue weighted by Crippen LogP contribution is -2.17. The van der Waals surface area contributed by atoms with Crippen LogP contribution in [0.4, 0.5) is 0 Å². The number of hydrogen-bond donors (Lipinski definition) is 0. The van der Waals surface area contributed by atoms with Gasteiger partial charge in [0.1, 0.15) is 0 Å². The topological polar surface area (TPSA) is 3.24 Å². The molecule has 1 heterocycles.